The van der Waals surface area contributed by atoms with E-state index in [-0.39, 0.29) is 11.8 Å². The number of nitrogens with one attached hydrogen (secondary N) is 2. The van der Waals surface area contributed by atoms with Crippen molar-refractivity contribution >= 4 is 29.2 Å². The van der Waals surface area contributed by atoms with Crippen LogP contribution in [0.1, 0.15) is 27.6 Å². The molecule has 2 aromatic carbocycles. The molecule has 1 aromatic heterocycles. The van der Waals surface area contributed by atoms with Crippen LogP contribution < -0.4 is 10.6 Å². The molecule has 8 heteroatoms. The molecule has 1 heterocycles. The SMILES string of the molecule is CCOC(=O)c1ccc(Nc2ccc(NC(=O)c3ccc(F)cc3)nn2)cc1. The number of hydrogen-bond donors (Lipinski definition) is 2. The van der Waals surface area contributed by atoms with Crippen molar-refractivity contribution in [3.05, 3.63) is 77.6 Å². The molecule has 0 saturated carbocycles. The third-order valence-corrected chi connectivity index (χ3v) is 3.68. The van der Waals surface area contributed by atoms with Crippen molar-refractivity contribution in [2.75, 3.05) is 17.2 Å². The van der Waals surface area contributed by atoms with Gasteiger partial charge < -0.3 is 15.4 Å². The predicted molar refractivity (Wildman–Crippen MR) is 102 cm³/mol. The van der Waals surface area contributed by atoms with Crippen LogP contribution in [-0.2, 0) is 4.74 Å². The van der Waals surface area contributed by atoms with Crippen LogP contribution in [0.4, 0.5) is 21.7 Å². The lowest BCUT2D eigenvalue weighted by molar-refractivity contribution is 0.0526. The highest BCUT2D eigenvalue weighted by atomic mass is 19.1. The summed E-state index contributed by atoms with van der Waals surface area (Å²) in [4.78, 5) is 23.7. The molecule has 1 amide bonds. The van der Waals surface area contributed by atoms with E-state index in [1.54, 1.807) is 43.3 Å². The van der Waals surface area contributed by atoms with Crippen molar-refractivity contribution in [2.24, 2.45) is 0 Å². The minimum Gasteiger partial charge on any atom is -0.462 e. The molecule has 3 aromatic rings. The first kappa shape index (κ1) is 19.0. The second kappa shape index (κ2) is 8.72. The number of esters is 1. The molecule has 28 heavy (non-hydrogen) atoms. The van der Waals surface area contributed by atoms with E-state index in [0.29, 0.717) is 29.2 Å². The van der Waals surface area contributed by atoms with Gasteiger partial charge in [0.25, 0.3) is 5.91 Å². The fourth-order valence-electron chi connectivity index (χ4n) is 2.31. The summed E-state index contributed by atoms with van der Waals surface area (Å²) in [5.74, 6) is -0.483. The van der Waals surface area contributed by atoms with E-state index < -0.39 is 11.7 Å². The molecule has 0 saturated heterocycles. The molecule has 0 bridgehead atoms. The number of rotatable bonds is 6. The Hall–Kier alpha value is -3.81. The standard InChI is InChI=1S/C20H17FN4O3/c1-2-28-20(27)14-5-9-16(10-6-14)22-17-11-12-18(25-24-17)23-19(26)13-3-7-15(21)8-4-13/h3-12H,2H2,1H3,(H,22,24)(H,23,25,26). The average molecular weight is 380 g/mol. The average Bonchev–Trinajstić information content (AvgIpc) is 2.70. The third kappa shape index (κ3) is 4.88. The molecule has 0 aliphatic rings. The maximum absolute atomic E-state index is 12.9. The molecule has 142 valence electrons. The van der Waals surface area contributed by atoms with Gasteiger partial charge in [0.05, 0.1) is 12.2 Å². The van der Waals surface area contributed by atoms with E-state index >= 15 is 0 Å². The third-order valence-electron chi connectivity index (χ3n) is 3.68. The summed E-state index contributed by atoms with van der Waals surface area (Å²) in [5.41, 5.74) is 1.48. The van der Waals surface area contributed by atoms with Crippen LogP contribution in [0.15, 0.2) is 60.7 Å². The molecule has 0 radical (unpaired) electrons. The van der Waals surface area contributed by atoms with Crippen LogP contribution in [0.3, 0.4) is 0 Å². The monoisotopic (exact) mass is 380 g/mol. The van der Waals surface area contributed by atoms with Gasteiger partial charge >= 0.3 is 5.97 Å². The van der Waals surface area contributed by atoms with E-state index in [9.17, 15) is 14.0 Å². The van der Waals surface area contributed by atoms with Gasteiger partial charge in [-0.05, 0) is 67.6 Å². The number of anilines is 3. The lowest BCUT2D eigenvalue weighted by Crippen LogP contribution is -2.13. The van der Waals surface area contributed by atoms with Gasteiger partial charge in [-0.25, -0.2) is 9.18 Å². The summed E-state index contributed by atoms with van der Waals surface area (Å²) in [6, 6.07) is 15.1. The predicted octanol–water partition coefficient (Wildman–Crippen LogP) is 3.79. The van der Waals surface area contributed by atoms with Gasteiger partial charge in [0, 0.05) is 11.3 Å². The van der Waals surface area contributed by atoms with Crippen molar-refractivity contribution < 1.29 is 18.7 Å². The Morgan fingerprint density at radius 1 is 0.893 bits per heavy atom. The summed E-state index contributed by atoms with van der Waals surface area (Å²) < 4.78 is 17.8. The first-order valence-electron chi connectivity index (χ1n) is 8.50. The maximum atomic E-state index is 12.9. The number of benzene rings is 2. The molecular weight excluding hydrogens is 363 g/mol. The van der Waals surface area contributed by atoms with Crippen molar-refractivity contribution in [1.82, 2.24) is 10.2 Å². The van der Waals surface area contributed by atoms with Crippen LogP contribution in [-0.4, -0.2) is 28.7 Å². The zero-order valence-electron chi connectivity index (χ0n) is 15.0. The Labute approximate surface area is 160 Å². The summed E-state index contributed by atoms with van der Waals surface area (Å²) >= 11 is 0. The summed E-state index contributed by atoms with van der Waals surface area (Å²) in [7, 11) is 0. The Bertz CT molecular complexity index is 958. The Morgan fingerprint density at radius 2 is 1.50 bits per heavy atom. The zero-order valence-corrected chi connectivity index (χ0v) is 15.0. The van der Waals surface area contributed by atoms with E-state index in [2.05, 4.69) is 20.8 Å². The fraction of sp³-hybridized carbons (Fsp3) is 0.100. The Kier molecular flexibility index (Phi) is 5.91. The quantitative estimate of drug-likeness (QED) is 0.632. The first-order valence-corrected chi connectivity index (χ1v) is 8.50. The summed E-state index contributed by atoms with van der Waals surface area (Å²) in [6.07, 6.45) is 0. The van der Waals surface area contributed by atoms with Gasteiger partial charge in [0.15, 0.2) is 11.6 Å². The number of nitrogens with zero attached hydrogens (tertiary/aromatic N) is 2. The number of ether oxygens (including phenoxy) is 1. The summed E-state index contributed by atoms with van der Waals surface area (Å²) in [5, 5.41) is 13.6. The van der Waals surface area contributed by atoms with Crippen molar-refractivity contribution in [3.8, 4) is 0 Å². The normalized spacial score (nSPS) is 10.2. The zero-order chi connectivity index (χ0) is 19.9. The van der Waals surface area contributed by atoms with Gasteiger partial charge in [-0.2, -0.15) is 0 Å². The highest BCUT2D eigenvalue weighted by Gasteiger charge is 2.08. The molecular formula is C20H17FN4O3. The summed E-state index contributed by atoms with van der Waals surface area (Å²) in [6.45, 7) is 2.07. The van der Waals surface area contributed by atoms with Gasteiger partial charge in [-0.3, -0.25) is 4.79 Å². The van der Waals surface area contributed by atoms with Gasteiger partial charge in [0.2, 0.25) is 0 Å². The van der Waals surface area contributed by atoms with E-state index in [0.717, 1.165) is 0 Å². The number of amides is 1. The first-order chi connectivity index (χ1) is 13.5. The van der Waals surface area contributed by atoms with Crippen LogP contribution in [0.25, 0.3) is 0 Å². The number of halogens is 1. The lowest BCUT2D eigenvalue weighted by Gasteiger charge is -2.08. The molecule has 0 fully saturated rings. The molecule has 0 aliphatic carbocycles. The minimum absolute atomic E-state index is 0.262. The molecule has 0 atom stereocenters. The van der Waals surface area contributed by atoms with Crippen LogP contribution in [0.5, 0.6) is 0 Å². The van der Waals surface area contributed by atoms with Crippen LogP contribution in [0, 0.1) is 5.82 Å². The van der Waals surface area contributed by atoms with Gasteiger partial charge in [-0.15, -0.1) is 10.2 Å². The molecule has 7 nitrogen and oxygen atoms in total. The fourth-order valence-corrected chi connectivity index (χ4v) is 2.31. The molecule has 0 aliphatic heterocycles. The second-order valence-electron chi connectivity index (χ2n) is 5.69. The maximum Gasteiger partial charge on any atom is 0.338 e. The highest BCUT2D eigenvalue weighted by Crippen LogP contribution is 2.16. The number of aromatic nitrogens is 2. The van der Waals surface area contributed by atoms with E-state index in [4.69, 9.17) is 4.74 Å². The number of carbonyl (C=O) groups is 2. The minimum atomic E-state index is -0.415. The molecule has 0 unspecified atom stereocenters. The number of hydrogen-bond acceptors (Lipinski definition) is 6. The second-order valence-corrected chi connectivity index (χ2v) is 5.69. The van der Waals surface area contributed by atoms with E-state index in [1.165, 1.54) is 24.3 Å². The van der Waals surface area contributed by atoms with Crippen molar-refractivity contribution in [3.63, 3.8) is 0 Å². The van der Waals surface area contributed by atoms with E-state index in [1.807, 2.05) is 0 Å². The Balaban J connectivity index is 1.60. The topological polar surface area (TPSA) is 93.2 Å². The van der Waals surface area contributed by atoms with Crippen LogP contribution in [0.2, 0.25) is 0 Å². The van der Waals surface area contributed by atoms with Gasteiger partial charge in [-0.1, -0.05) is 0 Å². The molecule has 3 rings (SSSR count). The largest absolute Gasteiger partial charge is 0.462 e. The lowest BCUT2D eigenvalue weighted by atomic mass is 10.2. The van der Waals surface area contributed by atoms with Crippen molar-refractivity contribution in [2.45, 2.75) is 6.92 Å². The molecule has 0 spiro atoms. The number of carbonyl (C=O) groups excluding carboxylic acids is 2. The highest BCUT2D eigenvalue weighted by molar-refractivity contribution is 6.03. The molecule has 2 N–H and O–H groups in total. The van der Waals surface area contributed by atoms with Crippen molar-refractivity contribution in [1.29, 1.82) is 0 Å². The Morgan fingerprint density at radius 3 is 2.11 bits per heavy atom. The van der Waals surface area contributed by atoms with Crippen LogP contribution >= 0.6 is 0 Å². The smallest absolute Gasteiger partial charge is 0.338 e. The van der Waals surface area contributed by atoms with Gasteiger partial charge in [0.1, 0.15) is 5.82 Å².